The summed E-state index contributed by atoms with van der Waals surface area (Å²) in [7, 11) is 0. The highest BCUT2D eigenvalue weighted by atomic mass is 16.5. The molecule has 0 heterocycles. The molecule has 0 bridgehead atoms. The molecule has 2 heteroatoms. The van der Waals surface area contributed by atoms with Gasteiger partial charge in [0.15, 0.2) is 0 Å². The number of hydrogen-bond donors (Lipinski definition) is 1. The molecular formula is C11H23NO. The van der Waals surface area contributed by atoms with E-state index in [1.54, 1.807) is 0 Å². The van der Waals surface area contributed by atoms with Gasteiger partial charge in [-0.3, -0.25) is 0 Å². The zero-order chi connectivity index (χ0) is 10.1. The van der Waals surface area contributed by atoms with E-state index in [4.69, 9.17) is 4.74 Å². The van der Waals surface area contributed by atoms with Crippen LogP contribution in [0.2, 0.25) is 0 Å². The van der Waals surface area contributed by atoms with Crippen LogP contribution in [0.4, 0.5) is 0 Å². The molecule has 0 amide bonds. The number of ether oxygens (including phenoxy) is 1. The monoisotopic (exact) mass is 185 g/mol. The molecule has 2 nitrogen and oxygen atoms in total. The van der Waals surface area contributed by atoms with Gasteiger partial charge < -0.3 is 10.1 Å². The lowest BCUT2D eigenvalue weighted by Gasteiger charge is -2.13. The number of rotatable bonds is 8. The van der Waals surface area contributed by atoms with Gasteiger partial charge in [-0.2, -0.15) is 0 Å². The molecule has 0 saturated heterocycles. The topological polar surface area (TPSA) is 21.3 Å². The van der Waals surface area contributed by atoms with Crippen molar-refractivity contribution < 1.29 is 4.74 Å². The molecule has 0 aromatic rings. The van der Waals surface area contributed by atoms with Gasteiger partial charge in [0.25, 0.3) is 0 Å². The smallest absolute Gasteiger partial charge is 0.0690 e. The van der Waals surface area contributed by atoms with Gasteiger partial charge in [0, 0.05) is 6.54 Å². The highest BCUT2D eigenvalue weighted by Gasteiger charge is 2.01. The maximum absolute atomic E-state index is 5.60. The first-order chi connectivity index (χ1) is 6.20. The second kappa shape index (κ2) is 8.27. The van der Waals surface area contributed by atoms with Crippen molar-refractivity contribution in [3.63, 3.8) is 0 Å². The van der Waals surface area contributed by atoms with Gasteiger partial charge in [-0.15, -0.1) is 0 Å². The molecule has 0 aliphatic heterocycles. The molecule has 13 heavy (non-hydrogen) atoms. The molecule has 0 spiro atoms. The van der Waals surface area contributed by atoms with Gasteiger partial charge in [-0.1, -0.05) is 26.8 Å². The standard InChI is InChI=1S/C11H23NO/c1-5-7-11(4)13-9-10(3)8-12-6-2/h11-12H,3,5-9H2,1-2,4H3. The van der Waals surface area contributed by atoms with E-state index in [2.05, 4.69) is 32.7 Å². The van der Waals surface area contributed by atoms with Crippen LogP contribution in [-0.4, -0.2) is 25.8 Å². The van der Waals surface area contributed by atoms with Crippen LogP contribution in [0.25, 0.3) is 0 Å². The second-order valence-electron chi connectivity index (χ2n) is 3.44. The van der Waals surface area contributed by atoms with E-state index in [0.717, 1.165) is 25.1 Å². The van der Waals surface area contributed by atoms with Crippen LogP contribution in [0.15, 0.2) is 12.2 Å². The Bertz CT molecular complexity index is 134. The Balaban J connectivity index is 3.34. The van der Waals surface area contributed by atoms with Gasteiger partial charge in [-0.05, 0) is 25.5 Å². The predicted octanol–water partition coefficient (Wildman–Crippen LogP) is 2.36. The number of nitrogens with one attached hydrogen (secondary N) is 1. The molecule has 0 aromatic heterocycles. The van der Waals surface area contributed by atoms with E-state index in [0.29, 0.717) is 12.7 Å². The molecule has 78 valence electrons. The maximum Gasteiger partial charge on any atom is 0.0690 e. The summed E-state index contributed by atoms with van der Waals surface area (Å²) < 4.78 is 5.60. The first-order valence-corrected chi connectivity index (χ1v) is 5.19. The molecular weight excluding hydrogens is 162 g/mol. The van der Waals surface area contributed by atoms with Crippen molar-refractivity contribution in [2.45, 2.75) is 39.7 Å². The highest BCUT2D eigenvalue weighted by molar-refractivity contribution is 4.96. The van der Waals surface area contributed by atoms with Gasteiger partial charge in [-0.25, -0.2) is 0 Å². The SMILES string of the molecule is C=C(CNCC)COC(C)CCC. The normalized spacial score (nSPS) is 12.8. The third-order valence-electron chi connectivity index (χ3n) is 1.89. The fraction of sp³-hybridized carbons (Fsp3) is 0.818. The zero-order valence-corrected chi connectivity index (χ0v) is 9.23. The lowest BCUT2D eigenvalue weighted by molar-refractivity contribution is 0.0760. The van der Waals surface area contributed by atoms with Crippen molar-refractivity contribution in [2.24, 2.45) is 0 Å². The quantitative estimate of drug-likeness (QED) is 0.586. The van der Waals surface area contributed by atoms with E-state index in [1.807, 2.05) is 0 Å². The van der Waals surface area contributed by atoms with Crippen molar-refractivity contribution in [1.29, 1.82) is 0 Å². The zero-order valence-electron chi connectivity index (χ0n) is 9.23. The van der Waals surface area contributed by atoms with Crippen LogP contribution < -0.4 is 5.32 Å². The summed E-state index contributed by atoms with van der Waals surface area (Å²) in [4.78, 5) is 0. The lowest BCUT2D eigenvalue weighted by Crippen LogP contribution is -2.19. The predicted molar refractivity (Wildman–Crippen MR) is 58.0 cm³/mol. The average molecular weight is 185 g/mol. The summed E-state index contributed by atoms with van der Waals surface area (Å²) in [5, 5.41) is 3.22. The highest BCUT2D eigenvalue weighted by Crippen LogP contribution is 2.02. The van der Waals surface area contributed by atoms with Gasteiger partial charge in [0.1, 0.15) is 0 Å². The van der Waals surface area contributed by atoms with Gasteiger partial charge in [0.05, 0.1) is 12.7 Å². The number of hydrogen-bond acceptors (Lipinski definition) is 2. The van der Waals surface area contributed by atoms with Crippen LogP contribution in [0.3, 0.4) is 0 Å². The number of likely N-dealkylation sites (N-methyl/N-ethyl adjacent to an activating group) is 1. The second-order valence-corrected chi connectivity index (χ2v) is 3.44. The average Bonchev–Trinajstić information content (AvgIpc) is 2.12. The van der Waals surface area contributed by atoms with Crippen LogP contribution in [0.1, 0.15) is 33.6 Å². The summed E-state index contributed by atoms with van der Waals surface area (Å²) in [6.45, 7) is 12.9. The molecule has 0 radical (unpaired) electrons. The molecule has 1 N–H and O–H groups in total. The minimum atomic E-state index is 0.364. The molecule has 1 atom stereocenters. The maximum atomic E-state index is 5.60. The van der Waals surface area contributed by atoms with E-state index in [1.165, 1.54) is 6.42 Å². The fourth-order valence-electron chi connectivity index (χ4n) is 1.10. The van der Waals surface area contributed by atoms with E-state index >= 15 is 0 Å². The van der Waals surface area contributed by atoms with Crippen LogP contribution >= 0.6 is 0 Å². The Morgan fingerprint density at radius 3 is 2.69 bits per heavy atom. The van der Waals surface area contributed by atoms with Crippen LogP contribution in [-0.2, 0) is 4.74 Å². The van der Waals surface area contributed by atoms with Crippen molar-refractivity contribution in [2.75, 3.05) is 19.7 Å². The Morgan fingerprint density at radius 2 is 2.15 bits per heavy atom. The molecule has 0 fully saturated rings. The Labute approximate surface area is 82.4 Å². The van der Waals surface area contributed by atoms with E-state index in [-0.39, 0.29) is 0 Å². The molecule has 0 aliphatic rings. The van der Waals surface area contributed by atoms with Gasteiger partial charge >= 0.3 is 0 Å². The summed E-state index contributed by atoms with van der Waals surface area (Å²) in [6.07, 6.45) is 2.68. The first kappa shape index (κ1) is 12.7. The minimum absolute atomic E-state index is 0.364. The van der Waals surface area contributed by atoms with E-state index < -0.39 is 0 Å². The Morgan fingerprint density at radius 1 is 1.46 bits per heavy atom. The van der Waals surface area contributed by atoms with Crippen molar-refractivity contribution in [3.8, 4) is 0 Å². The minimum Gasteiger partial charge on any atom is -0.374 e. The third kappa shape index (κ3) is 8.00. The van der Waals surface area contributed by atoms with Crippen LogP contribution in [0.5, 0.6) is 0 Å². The largest absolute Gasteiger partial charge is 0.374 e. The summed E-state index contributed by atoms with van der Waals surface area (Å²) in [5.74, 6) is 0. The van der Waals surface area contributed by atoms with Crippen molar-refractivity contribution in [3.05, 3.63) is 12.2 Å². The fourth-order valence-corrected chi connectivity index (χ4v) is 1.10. The third-order valence-corrected chi connectivity index (χ3v) is 1.89. The Kier molecular flexibility index (Phi) is 8.05. The van der Waals surface area contributed by atoms with Gasteiger partial charge in [0.2, 0.25) is 0 Å². The summed E-state index contributed by atoms with van der Waals surface area (Å²) >= 11 is 0. The van der Waals surface area contributed by atoms with Crippen molar-refractivity contribution in [1.82, 2.24) is 5.32 Å². The van der Waals surface area contributed by atoms with Crippen molar-refractivity contribution >= 4 is 0 Å². The molecule has 0 saturated carbocycles. The lowest BCUT2D eigenvalue weighted by atomic mass is 10.2. The summed E-state index contributed by atoms with van der Waals surface area (Å²) in [5.41, 5.74) is 1.13. The van der Waals surface area contributed by atoms with E-state index in [9.17, 15) is 0 Å². The van der Waals surface area contributed by atoms with Crippen LogP contribution in [0, 0.1) is 0 Å². The molecule has 0 rings (SSSR count). The summed E-state index contributed by atoms with van der Waals surface area (Å²) in [6, 6.07) is 0. The molecule has 0 aromatic carbocycles. The molecule has 0 aliphatic carbocycles. The molecule has 1 unspecified atom stereocenters. The first-order valence-electron chi connectivity index (χ1n) is 5.19. The Hall–Kier alpha value is -0.340.